The number of nitrogens with zero attached hydrogens (tertiary/aromatic N) is 1. The van der Waals surface area contributed by atoms with Gasteiger partial charge in [0.15, 0.2) is 0 Å². The van der Waals surface area contributed by atoms with Gasteiger partial charge in [-0.1, -0.05) is 57.2 Å². The number of H-pyrrole nitrogens is 2. The first-order valence-electron chi connectivity index (χ1n) is 11.2. The lowest BCUT2D eigenvalue weighted by molar-refractivity contribution is 0.576. The molecule has 0 fully saturated rings. The van der Waals surface area contributed by atoms with Gasteiger partial charge < -0.3 is 9.97 Å². The molecule has 7 nitrogen and oxygen atoms in total. The monoisotopic (exact) mass is 503 g/mol. The van der Waals surface area contributed by atoms with Crippen LogP contribution in [0.15, 0.2) is 80.2 Å². The second kappa shape index (κ2) is 6.16. The Hall–Kier alpha value is -3.56. The Kier molecular flexibility index (Phi) is 3.66. The van der Waals surface area contributed by atoms with Crippen molar-refractivity contribution in [2.24, 2.45) is 0 Å². The summed E-state index contributed by atoms with van der Waals surface area (Å²) in [6.07, 6.45) is 0. The molecule has 5 aromatic rings. The summed E-state index contributed by atoms with van der Waals surface area (Å²) < 4.78 is 56.5. The third-order valence-corrected chi connectivity index (χ3v) is 10.7. The van der Waals surface area contributed by atoms with Crippen LogP contribution in [0, 0.1) is 0 Å². The summed E-state index contributed by atoms with van der Waals surface area (Å²) in [6.45, 7) is 5.83. The second-order valence-electron chi connectivity index (χ2n) is 10.1. The zero-order valence-corrected chi connectivity index (χ0v) is 20.8. The van der Waals surface area contributed by atoms with Crippen LogP contribution in [0.5, 0.6) is 0 Å². The highest BCUT2D eigenvalue weighted by molar-refractivity contribution is 7.93. The topological polar surface area (TPSA) is 103 Å². The number of sulfone groups is 2. The number of benzene rings is 3. The van der Waals surface area contributed by atoms with Gasteiger partial charge in [0.05, 0.1) is 15.5 Å². The van der Waals surface area contributed by atoms with Crippen molar-refractivity contribution in [2.75, 3.05) is 4.90 Å². The predicted molar refractivity (Wildman–Crippen MR) is 134 cm³/mol. The molecule has 4 heterocycles. The van der Waals surface area contributed by atoms with E-state index < -0.39 is 25.1 Å². The Morgan fingerprint density at radius 3 is 1.54 bits per heavy atom. The lowest BCUT2D eigenvalue weighted by Crippen LogP contribution is -2.30. The molecule has 0 amide bonds. The van der Waals surface area contributed by atoms with Crippen molar-refractivity contribution in [3.05, 3.63) is 66.2 Å². The fourth-order valence-corrected chi connectivity index (χ4v) is 8.97. The van der Waals surface area contributed by atoms with E-state index in [2.05, 4.69) is 9.97 Å². The molecule has 3 aromatic carbocycles. The van der Waals surface area contributed by atoms with Crippen molar-refractivity contribution in [2.45, 2.75) is 45.8 Å². The standard InChI is InChI=1S/C26H21N3O4S2/c1-26(2,3)14-12-19-21-20(13-14)35(32,33)23-16-9-5-7-11-18(16)28-25(23)29(21)24-22(34(19,30)31)15-8-4-6-10-17(15)27-24/h4-13,27-28H,1-3H3. The molecule has 2 N–H and O–H groups in total. The maximum absolute atomic E-state index is 14.1. The van der Waals surface area contributed by atoms with E-state index in [1.54, 1.807) is 41.3 Å². The smallest absolute Gasteiger partial charge is 0.213 e. The summed E-state index contributed by atoms with van der Waals surface area (Å²) in [6, 6.07) is 17.7. The van der Waals surface area contributed by atoms with Crippen molar-refractivity contribution >= 4 is 58.8 Å². The van der Waals surface area contributed by atoms with Crippen LogP contribution in [0.3, 0.4) is 0 Å². The fourth-order valence-electron chi connectivity index (χ4n) is 5.26. The van der Waals surface area contributed by atoms with Gasteiger partial charge in [0.2, 0.25) is 19.7 Å². The zero-order chi connectivity index (χ0) is 24.5. The highest BCUT2D eigenvalue weighted by Crippen LogP contribution is 2.58. The van der Waals surface area contributed by atoms with E-state index in [1.807, 2.05) is 45.0 Å². The van der Waals surface area contributed by atoms with Crippen LogP contribution in [-0.4, -0.2) is 26.8 Å². The van der Waals surface area contributed by atoms with Crippen LogP contribution >= 0.6 is 0 Å². The molecule has 2 aromatic heterocycles. The van der Waals surface area contributed by atoms with Gasteiger partial charge in [0.25, 0.3) is 0 Å². The fraction of sp³-hybridized carbons (Fsp3) is 0.154. The first kappa shape index (κ1) is 20.8. The number of nitrogens with one attached hydrogen (secondary N) is 2. The van der Waals surface area contributed by atoms with Gasteiger partial charge in [-0.05, 0) is 35.2 Å². The molecule has 2 aliphatic rings. The number of aromatic nitrogens is 2. The molecule has 7 rings (SSSR count). The maximum Gasteiger partial charge on any atom is 0.213 e. The average Bonchev–Trinajstić information content (AvgIpc) is 3.37. The van der Waals surface area contributed by atoms with Crippen molar-refractivity contribution in [1.29, 1.82) is 0 Å². The molecule has 0 spiro atoms. The lowest BCUT2D eigenvalue weighted by atomic mass is 9.87. The summed E-state index contributed by atoms with van der Waals surface area (Å²) in [5, 5.41) is 1.14. The van der Waals surface area contributed by atoms with Gasteiger partial charge in [-0.3, -0.25) is 4.90 Å². The Labute approximate surface area is 202 Å². The van der Waals surface area contributed by atoms with Crippen LogP contribution in [-0.2, 0) is 25.1 Å². The van der Waals surface area contributed by atoms with Gasteiger partial charge >= 0.3 is 0 Å². The van der Waals surface area contributed by atoms with E-state index in [9.17, 15) is 16.8 Å². The molecular weight excluding hydrogens is 482 g/mol. The van der Waals surface area contributed by atoms with Gasteiger partial charge in [-0.25, -0.2) is 16.8 Å². The zero-order valence-electron chi connectivity index (χ0n) is 19.2. The lowest BCUT2D eigenvalue weighted by Gasteiger charge is -2.36. The molecule has 0 saturated carbocycles. The van der Waals surface area contributed by atoms with Crippen molar-refractivity contribution < 1.29 is 16.8 Å². The molecule has 9 heteroatoms. The SMILES string of the molecule is CC(C)(C)c1cc2c3c(c1)S(=O)(=O)c1c([nH]c4ccccc14)N3c1[nH]c3ccccc3c1S2(=O)=O. The predicted octanol–water partition coefficient (Wildman–Crippen LogP) is 5.71. The highest BCUT2D eigenvalue weighted by Gasteiger charge is 2.48. The first-order valence-corrected chi connectivity index (χ1v) is 14.2. The van der Waals surface area contributed by atoms with Gasteiger partial charge in [0, 0.05) is 21.8 Å². The Balaban J connectivity index is 1.74. The molecule has 0 saturated heterocycles. The van der Waals surface area contributed by atoms with Gasteiger partial charge in [-0.2, -0.15) is 0 Å². The van der Waals surface area contributed by atoms with Crippen molar-refractivity contribution in [3.8, 4) is 0 Å². The number of para-hydroxylation sites is 2. The summed E-state index contributed by atoms with van der Waals surface area (Å²) in [7, 11) is -8.07. The highest BCUT2D eigenvalue weighted by atomic mass is 32.2. The first-order chi connectivity index (χ1) is 16.5. The largest absolute Gasteiger partial charge is 0.340 e. The number of anilines is 3. The van der Waals surface area contributed by atoms with Crippen molar-refractivity contribution in [1.82, 2.24) is 9.97 Å². The Morgan fingerprint density at radius 1 is 0.686 bits per heavy atom. The van der Waals surface area contributed by atoms with E-state index in [0.29, 0.717) is 39.0 Å². The number of hydrogen-bond acceptors (Lipinski definition) is 5. The third kappa shape index (κ3) is 2.44. The van der Waals surface area contributed by atoms with Gasteiger partial charge in [0.1, 0.15) is 21.4 Å². The molecule has 0 atom stereocenters. The summed E-state index contributed by atoms with van der Waals surface area (Å²) in [5.41, 5.74) is 1.67. The van der Waals surface area contributed by atoms with E-state index in [0.717, 1.165) is 0 Å². The molecule has 0 bridgehead atoms. The minimum atomic E-state index is -4.03. The molecule has 2 aliphatic heterocycles. The minimum Gasteiger partial charge on any atom is -0.340 e. The van der Waals surface area contributed by atoms with Crippen LogP contribution < -0.4 is 4.90 Å². The van der Waals surface area contributed by atoms with Crippen molar-refractivity contribution in [3.63, 3.8) is 0 Å². The van der Waals surface area contributed by atoms with E-state index in [1.165, 1.54) is 0 Å². The van der Waals surface area contributed by atoms with Crippen LogP contribution in [0.1, 0.15) is 26.3 Å². The number of aromatic amines is 2. The Bertz CT molecular complexity index is 1840. The second-order valence-corrected chi connectivity index (χ2v) is 13.8. The quantitative estimate of drug-likeness (QED) is 0.276. The summed E-state index contributed by atoms with van der Waals surface area (Å²) in [4.78, 5) is 8.59. The number of fused-ring (bicyclic) bond motifs is 8. The minimum absolute atomic E-state index is 0.00468. The summed E-state index contributed by atoms with van der Waals surface area (Å²) >= 11 is 0. The maximum atomic E-state index is 14.1. The molecule has 0 aliphatic carbocycles. The molecule has 0 radical (unpaired) electrons. The van der Waals surface area contributed by atoms with Crippen LogP contribution in [0.4, 0.5) is 17.3 Å². The summed E-state index contributed by atoms with van der Waals surface area (Å²) in [5.74, 6) is 0.678. The molecular formula is C26H21N3O4S2. The van der Waals surface area contributed by atoms with Gasteiger partial charge in [-0.15, -0.1) is 0 Å². The third-order valence-electron chi connectivity index (χ3n) is 6.97. The molecule has 0 unspecified atom stereocenters. The molecule has 35 heavy (non-hydrogen) atoms. The van der Waals surface area contributed by atoms with Crippen LogP contribution in [0.25, 0.3) is 21.8 Å². The normalized spacial score (nSPS) is 17.3. The number of hydrogen-bond donors (Lipinski definition) is 2. The van der Waals surface area contributed by atoms with E-state index in [4.69, 9.17) is 0 Å². The Morgan fingerprint density at radius 2 is 1.11 bits per heavy atom. The average molecular weight is 504 g/mol. The van der Waals surface area contributed by atoms with E-state index in [-0.39, 0.29) is 25.3 Å². The van der Waals surface area contributed by atoms with Crippen LogP contribution in [0.2, 0.25) is 0 Å². The molecule has 176 valence electrons. The number of rotatable bonds is 0. The van der Waals surface area contributed by atoms with E-state index >= 15 is 0 Å².